The monoisotopic (exact) mass is 389 g/mol. The van der Waals surface area contributed by atoms with E-state index in [4.69, 9.17) is 9.47 Å². The van der Waals surface area contributed by atoms with Gasteiger partial charge in [-0.1, -0.05) is 18.2 Å². The second kappa shape index (κ2) is 8.47. The SMILES string of the molecule is COc1cccc(C(=O)NCC(=O)OCc2nc3ccccc3n2C(F)F)c1. The van der Waals surface area contributed by atoms with E-state index in [-0.39, 0.29) is 11.3 Å². The molecule has 0 aliphatic carbocycles. The maximum Gasteiger partial charge on any atom is 0.325 e. The van der Waals surface area contributed by atoms with Crippen molar-refractivity contribution in [1.29, 1.82) is 0 Å². The van der Waals surface area contributed by atoms with Crippen molar-refractivity contribution < 1.29 is 27.8 Å². The minimum Gasteiger partial charge on any atom is -0.497 e. The van der Waals surface area contributed by atoms with Crippen molar-refractivity contribution in [3.05, 3.63) is 59.9 Å². The molecule has 1 heterocycles. The summed E-state index contributed by atoms with van der Waals surface area (Å²) in [5, 5.41) is 2.41. The summed E-state index contributed by atoms with van der Waals surface area (Å²) in [7, 11) is 1.47. The van der Waals surface area contributed by atoms with Crippen molar-refractivity contribution in [2.45, 2.75) is 13.2 Å². The van der Waals surface area contributed by atoms with Crippen LogP contribution >= 0.6 is 0 Å². The summed E-state index contributed by atoms with van der Waals surface area (Å²) in [6, 6.07) is 12.8. The number of nitrogens with one attached hydrogen (secondary N) is 1. The third-order valence-electron chi connectivity index (χ3n) is 3.95. The van der Waals surface area contributed by atoms with E-state index >= 15 is 0 Å². The highest BCUT2D eigenvalue weighted by atomic mass is 19.3. The van der Waals surface area contributed by atoms with Gasteiger partial charge in [0.2, 0.25) is 0 Å². The quantitative estimate of drug-likeness (QED) is 0.629. The number of halogens is 2. The summed E-state index contributed by atoms with van der Waals surface area (Å²) in [4.78, 5) is 28.0. The van der Waals surface area contributed by atoms with Crippen LogP contribution in [-0.2, 0) is 16.1 Å². The second-order valence-electron chi connectivity index (χ2n) is 5.74. The van der Waals surface area contributed by atoms with Crippen LogP contribution < -0.4 is 10.1 Å². The molecule has 0 aliphatic heterocycles. The molecule has 3 aromatic rings. The Bertz CT molecular complexity index is 1000. The van der Waals surface area contributed by atoms with Gasteiger partial charge in [0.05, 0.1) is 18.1 Å². The number of hydrogen-bond donors (Lipinski definition) is 1. The van der Waals surface area contributed by atoms with Crippen molar-refractivity contribution in [2.75, 3.05) is 13.7 Å². The number of esters is 1. The molecule has 3 rings (SSSR count). The lowest BCUT2D eigenvalue weighted by Gasteiger charge is -2.09. The Morgan fingerprint density at radius 1 is 1.18 bits per heavy atom. The Morgan fingerprint density at radius 2 is 1.96 bits per heavy atom. The molecule has 146 valence electrons. The van der Waals surface area contributed by atoms with Gasteiger partial charge in [-0.3, -0.25) is 14.2 Å². The first kappa shape index (κ1) is 19.3. The zero-order valence-corrected chi connectivity index (χ0v) is 14.9. The number of para-hydroxylation sites is 2. The molecule has 0 unspecified atom stereocenters. The number of rotatable bonds is 7. The molecular formula is C19H17F2N3O4. The lowest BCUT2D eigenvalue weighted by atomic mass is 10.2. The Morgan fingerprint density at radius 3 is 2.71 bits per heavy atom. The van der Waals surface area contributed by atoms with Crippen molar-refractivity contribution in [2.24, 2.45) is 0 Å². The number of methoxy groups -OCH3 is 1. The van der Waals surface area contributed by atoms with E-state index in [0.29, 0.717) is 21.4 Å². The summed E-state index contributed by atoms with van der Waals surface area (Å²) >= 11 is 0. The number of imidazole rings is 1. The first-order chi connectivity index (χ1) is 13.5. The number of aromatic nitrogens is 2. The van der Waals surface area contributed by atoms with Crippen LogP contribution in [-0.4, -0.2) is 35.1 Å². The van der Waals surface area contributed by atoms with Crippen LogP contribution in [0.5, 0.6) is 5.75 Å². The average Bonchev–Trinajstić information content (AvgIpc) is 3.09. The molecule has 0 spiro atoms. The minimum absolute atomic E-state index is 0.0799. The van der Waals surface area contributed by atoms with Crippen LogP contribution in [0.3, 0.4) is 0 Å². The molecule has 0 bridgehead atoms. The lowest BCUT2D eigenvalue weighted by Crippen LogP contribution is -2.30. The predicted octanol–water partition coefficient (Wildman–Crippen LogP) is 2.91. The summed E-state index contributed by atoms with van der Waals surface area (Å²) in [6.07, 6.45) is 0. The smallest absolute Gasteiger partial charge is 0.325 e. The van der Waals surface area contributed by atoms with Gasteiger partial charge in [0.25, 0.3) is 5.91 Å². The summed E-state index contributed by atoms with van der Waals surface area (Å²) in [6.45, 7) is -3.67. The van der Waals surface area contributed by atoms with Crippen molar-refractivity contribution in [3.63, 3.8) is 0 Å². The molecule has 1 amide bonds. The van der Waals surface area contributed by atoms with Gasteiger partial charge in [0, 0.05) is 5.56 Å². The zero-order valence-electron chi connectivity index (χ0n) is 14.9. The number of benzene rings is 2. The first-order valence-corrected chi connectivity index (χ1v) is 8.31. The highest BCUT2D eigenvalue weighted by Crippen LogP contribution is 2.23. The molecule has 0 atom stereocenters. The Hall–Kier alpha value is -3.49. The van der Waals surface area contributed by atoms with Crippen LogP contribution in [0.15, 0.2) is 48.5 Å². The molecular weight excluding hydrogens is 372 g/mol. The molecule has 1 aromatic heterocycles. The highest BCUT2D eigenvalue weighted by Gasteiger charge is 2.19. The second-order valence-corrected chi connectivity index (χ2v) is 5.74. The molecule has 0 fully saturated rings. The van der Waals surface area contributed by atoms with Gasteiger partial charge in [-0.25, -0.2) is 4.98 Å². The molecule has 0 saturated carbocycles. The van der Waals surface area contributed by atoms with Gasteiger partial charge >= 0.3 is 12.5 Å². The van der Waals surface area contributed by atoms with Gasteiger partial charge in [-0.2, -0.15) is 8.78 Å². The summed E-state index contributed by atoms with van der Waals surface area (Å²) in [5.74, 6) is -0.843. The zero-order chi connectivity index (χ0) is 20.1. The molecule has 2 aromatic carbocycles. The first-order valence-electron chi connectivity index (χ1n) is 8.31. The Labute approximate surface area is 158 Å². The number of amides is 1. The van der Waals surface area contributed by atoms with Gasteiger partial charge in [-0.05, 0) is 30.3 Å². The number of nitrogens with zero attached hydrogens (tertiary/aromatic N) is 2. The number of hydrogen-bond acceptors (Lipinski definition) is 5. The Kier molecular flexibility index (Phi) is 5.83. The van der Waals surface area contributed by atoms with Gasteiger partial charge in [0.15, 0.2) is 5.82 Å². The van der Waals surface area contributed by atoms with Gasteiger partial charge in [0.1, 0.15) is 18.9 Å². The van der Waals surface area contributed by atoms with Crippen LogP contribution in [0.1, 0.15) is 22.7 Å². The number of alkyl halides is 2. The maximum atomic E-state index is 13.3. The third-order valence-corrected chi connectivity index (χ3v) is 3.95. The van der Waals surface area contributed by atoms with Crippen molar-refractivity contribution in [1.82, 2.24) is 14.9 Å². The molecule has 0 radical (unpaired) electrons. The molecule has 0 saturated heterocycles. The maximum absolute atomic E-state index is 13.3. The van der Waals surface area contributed by atoms with E-state index in [0.717, 1.165) is 0 Å². The van der Waals surface area contributed by atoms with Gasteiger partial charge in [-0.15, -0.1) is 0 Å². The number of fused-ring (bicyclic) bond motifs is 1. The normalized spacial score (nSPS) is 10.9. The van der Waals surface area contributed by atoms with E-state index in [1.807, 2.05) is 0 Å². The number of ether oxygens (including phenoxy) is 2. The van der Waals surface area contributed by atoms with Gasteiger partial charge < -0.3 is 14.8 Å². The fourth-order valence-electron chi connectivity index (χ4n) is 2.63. The summed E-state index contributed by atoms with van der Waals surface area (Å²) < 4.78 is 37.4. The van der Waals surface area contributed by atoms with Crippen LogP contribution in [0.4, 0.5) is 8.78 Å². The van der Waals surface area contributed by atoms with Crippen LogP contribution in [0, 0.1) is 0 Å². The topological polar surface area (TPSA) is 82.4 Å². The molecule has 1 N–H and O–H groups in total. The van der Waals surface area contributed by atoms with E-state index < -0.39 is 31.6 Å². The average molecular weight is 389 g/mol. The van der Waals surface area contributed by atoms with Crippen LogP contribution in [0.2, 0.25) is 0 Å². The Balaban J connectivity index is 1.59. The molecule has 0 aliphatic rings. The number of carbonyl (C=O) groups excluding carboxylic acids is 2. The summed E-state index contributed by atoms with van der Waals surface area (Å²) in [5.41, 5.74) is 0.932. The van der Waals surface area contributed by atoms with Crippen LogP contribution in [0.25, 0.3) is 11.0 Å². The van der Waals surface area contributed by atoms with Crippen molar-refractivity contribution in [3.8, 4) is 5.75 Å². The fraction of sp³-hybridized carbons (Fsp3) is 0.211. The fourth-order valence-corrected chi connectivity index (χ4v) is 2.63. The number of carbonyl (C=O) groups is 2. The van der Waals surface area contributed by atoms with Crippen molar-refractivity contribution >= 4 is 22.9 Å². The predicted molar refractivity (Wildman–Crippen MR) is 96.1 cm³/mol. The van der Waals surface area contributed by atoms with E-state index in [1.54, 1.807) is 36.4 Å². The van der Waals surface area contributed by atoms with E-state index in [1.165, 1.54) is 19.2 Å². The molecule has 9 heteroatoms. The molecule has 28 heavy (non-hydrogen) atoms. The third kappa shape index (κ3) is 4.25. The largest absolute Gasteiger partial charge is 0.497 e. The van der Waals surface area contributed by atoms with E-state index in [2.05, 4.69) is 10.3 Å². The van der Waals surface area contributed by atoms with E-state index in [9.17, 15) is 18.4 Å². The lowest BCUT2D eigenvalue weighted by molar-refractivity contribution is -0.144. The molecule has 7 nitrogen and oxygen atoms in total. The highest BCUT2D eigenvalue weighted by molar-refractivity contribution is 5.96. The minimum atomic E-state index is -2.83. The standard InChI is InChI=1S/C19H17F2N3O4/c1-27-13-6-4-5-12(9-13)18(26)22-10-17(25)28-11-16-23-14-7-2-3-8-15(14)24(16)19(20)21/h2-9,19H,10-11H2,1H3,(H,22,26).